The van der Waals surface area contributed by atoms with Crippen molar-refractivity contribution in [3.8, 4) is 23.7 Å². The molecule has 0 fully saturated rings. The third-order valence-corrected chi connectivity index (χ3v) is 8.97. The number of rotatable bonds is 35. The van der Waals surface area contributed by atoms with Crippen molar-refractivity contribution in [3.05, 3.63) is 24.3 Å². The standard InChI is InChI=1S/C23H38O2.C23H44O/c1-2-3-4-5-6-7-8-9-10-11-12-13-14-15-16-17-18-19-20-21-22-23(24)25;1-2-3-4-5-6-7-8-9-10-11-12-13-14-15-16-17-18-19-20-21-22-23-24/h2-10,15-22H2,1H3,(H,24,25);11-14,24H,2-10,15-23H2,1H3/b;12-11+,14-13+. The first-order valence-corrected chi connectivity index (χ1v) is 21.3. The van der Waals surface area contributed by atoms with Crippen LogP contribution < -0.4 is 0 Å². The van der Waals surface area contributed by atoms with Crippen LogP contribution in [0.15, 0.2) is 24.3 Å². The number of carboxylic acids is 1. The molecular weight excluding hydrogens is 601 g/mol. The van der Waals surface area contributed by atoms with E-state index in [1.807, 2.05) is 0 Å². The number of allylic oxidation sites excluding steroid dienone is 4. The van der Waals surface area contributed by atoms with Gasteiger partial charge in [0.1, 0.15) is 0 Å². The Morgan fingerprint density at radius 1 is 0.449 bits per heavy atom. The lowest BCUT2D eigenvalue weighted by atomic mass is 10.1. The van der Waals surface area contributed by atoms with E-state index in [0.29, 0.717) is 13.0 Å². The van der Waals surface area contributed by atoms with E-state index in [4.69, 9.17) is 10.2 Å². The van der Waals surface area contributed by atoms with Crippen LogP contribution in [-0.4, -0.2) is 22.8 Å². The second kappa shape index (κ2) is 48.1. The molecule has 0 radical (unpaired) electrons. The van der Waals surface area contributed by atoms with Crippen LogP contribution in [0.5, 0.6) is 0 Å². The Balaban J connectivity index is 0. The van der Waals surface area contributed by atoms with E-state index in [0.717, 1.165) is 44.9 Å². The predicted octanol–water partition coefficient (Wildman–Crippen LogP) is 14.5. The average Bonchev–Trinajstić information content (AvgIpc) is 3.10. The van der Waals surface area contributed by atoms with Crippen LogP contribution in [0.2, 0.25) is 0 Å². The van der Waals surface area contributed by atoms with E-state index >= 15 is 0 Å². The molecule has 3 heteroatoms. The molecule has 0 amide bonds. The molecule has 0 aliphatic heterocycles. The maximum Gasteiger partial charge on any atom is 0.303 e. The van der Waals surface area contributed by atoms with E-state index in [-0.39, 0.29) is 0 Å². The molecule has 0 saturated carbocycles. The highest BCUT2D eigenvalue weighted by Crippen LogP contribution is 2.12. The van der Waals surface area contributed by atoms with E-state index < -0.39 is 5.97 Å². The summed E-state index contributed by atoms with van der Waals surface area (Å²) in [5, 5.41) is 17.2. The normalized spacial score (nSPS) is 10.8. The van der Waals surface area contributed by atoms with Crippen LogP contribution in [0.3, 0.4) is 0 Å². The lowest BCUT2D eigenvalue weighted by molar-refractivity contribution is -0.137. The van der Waals surface area contributed by atoms with Crippen LogP contribution in [0.1, 0.15) is 232 Å². The van der Waals surface area contributed by atoms with Crippen LogP contribution in [0.25, 0.3) is 0 Å². The lowest BCUT2D eigenvalue weighted by Crippen LogP contribution is -1.93. The van der Waals surface area contributed by atoms with Crippen molar-refractivity contribution in [2.45, 2.75) is 232 Å². The van der Waals surface area contributed by atoms with Gasteiger partial charge in [0, 0.05) is 25.9 Å². The maximum absolute atomic E-state index is 10.4. The largest absolute Gasteiger partial charge is 0.481 e. The fourth-order valence-corrected chi connectivity index (χ4v) is 5.76. The fourth-order valence-electron chi connectivity index (χ4n) is 5.76. The second-order valence-electron chi connectivity index (χ2n) is 14.0. The Labute approximate surface area is 307 Å². The zero-order valence-corrected chi connectivity index (χ0v) is 32.9. The Kier molecular flexibility index (Phi) is 48.3. The molecule has 3 nitrogen and oxygen atoms in total. The van der Waals surface area contributed by atoms with Crippen LogP contribution in [-0.2, 0) is 4.79 Å². The molecule has 0 unspecified atom stereocenters. The highest BCUT2D eigenvalue weighted by Gasteiger charge is 1.96. The van der Waals surface area contributed by atoms with Gasteiger partial charge in [-0.3, -0.25) is 4.79 Å². The molecule has 49 heavy (non-hydrogen) atoms. The zero-order chi connectivity index (χ0) is 36.0. The van der Waals surface area contributed by atoms with Gasteiger partial charge in [0.25, 0.3) is 0 Å². The van der Waals surface area contributed by atoms with Crippen LogP contribution in [0.4, 0.5) is 0 Å². The molecule has 0 aliphatic rings. The van der Waals surface area contributed by atoms with E-state index in [2.05, 4.69) is 61.8 Å². The summed E-state index contributed by atoms with van der Waals surface area (Å²) in [5.74, 6) is 11.5. The van der Waals surface area contributed by atoms with Gasteiger partial charge in [-0.15, -0.1) is 0 Å². The quantitative estimate of drug-likeness (QED) is 0.0397. The van der Waals surface area contributed by atoms with E-state index in [1.54, 1.807) is 0 Å². The summed E-state index contributed by atoms with van der Waals surface area (Å²) in [5.41, 5.74) is 0. The van der Waals surface area contributed by atoms with E-state index in [1.165, 1.54) is 167 Å². The minimum Gasteiger partial charge on any atom is -0.481 e. The summed E-state index contributed by atoms with van der Waals surface area (Å²) in [6.45, 7) is 4.90. The average molecular weight is 683 g/mol. The molecule has 0 heterocycles. The summed E-state index contributed by atoms with van der Waals surface area (Å²) in [4.78, 5) is 10.4. The molecule has 0 saturated heterocycles. The number of unbranched alkanes of at least 4 members (excludes halogenated alkanes) is 29. The van der Waals surface area contributed by atoms with E-state index in [9.17, 15) is 4.79 Å². The first kappa shape index (κ1) is 49.1. The number of aliphatic hydroxyl groups is 1. The summed E-state index contributed by atoms with van der Waals surface area (Å²) in [7, 11) is 0. The Morgan fingerprint density at radius 3 is 1.14 bits per heavy atom. The topological polar surface area (TPSA) is 57.5 Å². The van der Waals surface area contributed by atoms with Gasteiger partial charge < -0.3 is 10.2 Å². The molecule has 0 bridgehead atoms. The van der Waals surface area contributed by atoms with Gasteiger partial charge in [-0.05, 0) is 63.2 Å². The highest BCUT2D eigenvalue weighted by molar-refractivity contribution is 5.66. The van der Waals surface area contributed by atoms with Gasteiger partial charge >= 0.3 is 5.97 Å². The Hall–Kier alpha value is -1.97. The second-order valence-corrected chi connectivity index (χ2v) is 14.0. The van der Waals surface area contributed by atoms with Crippen molar-refractivity contribution in [3.63, 3.8) is 0 Å². The molecule has 0 aromatic rings. The van der Waals surface area contributed by atoms with Crippen LogP contribution in [0, 0.1) is 23.7 Å². The SMILES string of the molecule is CCCCCCCCCC/C=C/C=C/CCCCCCCCCO.CCCCCCCCCCC#CC#CCCCCCCCCC(=O)O. The minimum absolute atomic E-state index is 0.309. The molecular formula is C46H82O3. The van der Waals surface area contributed by atoms with Gasteiger partial charge in [-0.2, -0.15) is 0 Å². The van der Waals surface area contributed by atoms with Crippen molar-refractivity contribution >= 4 is 5.97 Å². The molecule has 2 N–H and O–H groups in total. The predicted molar refractivity (Wildman–Crippen MR) is 217 cm³/mol. The van der Waals surface area contributed by atoms with Gasteiger partial charge in [0.15, 0.2) is 0 Å². The molecule has 0 atom stereocenters. The first-order valence-electron chi connectivity index (χ1n) is 21.3. The molecule has 0 aromatic heterocycles. The van der Waals surface area contributed by atoms with Gasteiger partial charge in [-0.1, -0.05) is 198 Å². The highest BCUT2D eigenvalue weighted by atomic mass is 16.4. The molecule has 0 rings (SSSR count). The molecule has 0 aromatic carbocycles. The van der Waals surface area contributed by atoms with Gasteiger partial charge in [-0.25, -0.2) is 0 Å². The number of aliphatic carboxylic acids is 1. The molecule has 284 valence electrons. The van der Waals surface area contributed by atoms with Crippen molar-refractivity contribution in [2.24, 2.45) is 0 Å². The number of carboxylic acid groups (broad SMARTS) is 1. The summed E-state index contributed by atoms with van der Waals surface area (Å²) in [6, 6.07) is 0. The first-order chi connectivity index (χ1) is 24.2. The third kappa shape index (κ3) is 53.0. The summed E-state index contributed by atoms with van der Waals surface area (Å²) >= 11 is 0. The number of carbonyl (C=O) groups is 1. The fraction of sp³-hybridized carbons (Fsp3) is 0.804. The number of hydrogen-bond donors (Lipinski definition) is 2. The monoisotopic (exact) mass is 683 g/mol. The maximum atomic E-state index is 10.4. The van der Waals surface area contributed by atoms with Gasteiger partial charge in [0.2, 0.25) is 0 Å². The Morgan fingerprint density at radius 2 is 0.776 bits per heavy atom. The zero-order valence-electron chi connectivity index (χ0n) is 32.9. The summed E-state index contributed by atoms with van der Waals surface area (Å²) < 4.78 is 0. The van der Waals surface area contributed by atoms with Crippen molar-refractivity contribution in [1.82, 2.24) is 0 Å². The third-order valence-electron chi connectivity index (χ3n) is 8.97. The lowest BCUT2D eigenvalue weighted by Gasteiger charge is -1.99. The molecule has 0 aliphatic carbocycles. The number of aliphatic hydroxyl groups excluding tert-OH is 1. The van der Waals surface area contributed by atoms with Crippen molar-refractivity contribution in [1.29, 1.82) is 0 Å². The van der Waals surface area contributed by atoms with Crippen molar-refractivity contribution < 1.29 is 15.0 Å². The minimum atomic E-state index is -0.682. The van der Waals surface area contributed by atoms with Gasteiger partial charge in [0.05, 0.1) is 0 Å². The smallest absolute Gasteiger partial charge is 0.303 e. The summed E-state index contributed by atoms with van der Waals surface area (Å²) in [6.07, 6.45) is 51.1. The molecule has 0 spiro atoms. The van der Waals surface area contributed by atoms with Crippen LogP contribution >= 0.6 is 0 Å². The number of hydrogen-bond acceptors (Lipinski definition) is 2. The Bertz CT molecular complexity index is 791. The van der Waals surface area contributed by atoms with Crippen molar-refractivity contribution in [2.75, 3.05) is 6.61 Å².